The van der Waals surface area contributed by atoms with Crippen molar-refractivity contribution in [1.29, 1.82) is 0 Å². The van der Waals surface area contributed by atoms with Gasteiger partial charge in [0.05, 0.1) is 12.6 Å². The molecule has 0 aliphatic carbocycles. The molecule has 4 nitrogen and oxygen atoms in total. The molecule has 1 heterocycles. The highest BCUT2D eigenvalue weighted by atomic mass is 16.6. The van der Waals surface area contributed by atoms with E-state index in [1.807, 2.05) is 34.6 Å². The largest absolute Gasteiger partial charge is 0.444 e. The third kappa shape index (κ3) is 3.09. The minimum Gasteiger partial charge on any atom is -0.444 e. The van der Waals surface area contributed by atoms with Crippen LogP contribution in [0.25, 0.3) is 0 Å². The number of rotatable bonds is 0. The second-order valence-corrected chi connectivity index (χ2v) is 5.87. The molecule has 4 heteroatoms. The highest BCUT2D eigenvalue weighted by molar-refractivity contribution is 5.68. The second-order valence-electron chi connectivity index (χ2n) is 5.87. The van der Waals surface area contributed by atoms with Gasteiger partial charge in [0.1, 0.15) is 5.60 Å². The van der Waals surface area contributed by atoms with Gasteiger partial charge in [0.2, 0.25) is 0 Å². The van der Waals surface area contributed by atoms with E-state index in [9.17, 15) is 9.90 Å². The Labute approximate surface area is 91.2 Å². The first-order valence-corrected chi connectivity index (χ1v) is 5.28. The molecular formula is C11H21NO3. The van der Waals surface area contributed by atoms with Crippen LogP contribution in [-0.2, 0) is 4.74 Å². The third-order valence-electron chi connectivity index (χ3n) is 2.55. The molecule has 1 aliphatic heterocycles. The zero-order chi connectivity index (χ0) is 11.9. The van der Waals surface area contributed by atoms with Crippen molar-refractivity contribution in [3.05, 3.63) is 0 Å². The number of hydrogen-bond donors (Lipinski definition) is 1. The zero-order valence-electron chi connectivity index (χ0n) is 10.2. The lowest BCUT2D eigenvalue weighted by Crippen LogP contribution is -2.36. The Balaban J connectivity index is 2.58. The summed E-state index contributed by atoms with van der Waals surface area (Å²) in [6, 6.07) is 0. The molecule has 1 rings (SSSR count). The highest BCUT2D eigenvalue weighted by Crippen LogP contribution is 2.30. The molecule has 0 unspecified atom stereocenters. The number of β-amino-alcohol motifs (C(OH)–C–C–N with tert-alkyl or cyclic N) is 1. The molecule has 1 saturated heterocycles. The molecule has 0 bridgehead atoms. The van der Waals surface area contributed by atoms with Crippen LogP contribution < -0.4 is 0 Å². The zero-order valence-corrected chi connectivity index (χ0v) is 10.2. The summed E-state index contributed by atoms with van der Waals surface area (Å²) in [6.45, 7) is 10.3. The number of nitrogens with zero attached hydrogens (tertiary/aromatic N) is 1. The van der Waals surface area contributed by atoms with Crippen LogP contribution in [0.2, 0.25) is 0 Å². The number of hydrogen-bond acceptors (Lipinski definition) is 3. The predicted molar refractivity (Wildman–Crippen MR) is 57.6 cm³/mol. The predicted octanol–water partition coefficient (Wildman–Crippen LogP) is 1.62. The molecule has 1 N–H and O–H groups in total. The molecule has 0 radical (unpaired) electrons. The van der Waals surface area contributed by atoms with E-state index in [1.165, 1.54) is 0 Å². The summed E-state index contributed by atoms with van der Waals surface area (Å²) in [4.78, 5) is 13.3. The Hall–Kier alpha value is -0.770. The smallest absolute Gasteiger partial charge is 0.410 e. The van der Waals surface area contributed by atoms with Gasteiger partial charge >= 0.3 is 6.09 Å². The van der Waals surface area contributed by atoms with Gasteiger partial charge in [0, 0.05) is 12.0 Å². The average molecular weight is 215 g/mol. The van der Waals surface area contributed by atoms with Crippen LogP contribution in [-0.4, -0.2) is 40.9 Å². The molecule has 1 amide bonds. The van der Waals surface area contributed by atoms with E-state index in [0.717, 1.165) is 0 Å². The summed E-state index contributed by atoms with van der Waals surface area (Å²) in [5.41, 5.74) is -0.717. The number of carbonyl (C=O) groups excluding carboxylic acids is 1. The lowest BCUT2D eigenvalue weighted by molar-refractivity contribution is 0.0269. The Kier molecular flexibility index (Phi) is 3.01. The fourth-order valence-corrected chi connectivity index (χ4v) is 1.58. The quantitative estimate of drug-likeness (QED) is 0.668. The minimum atomic E-state index is -0.477. The van der Waals surface area contributed by atoms with Crippen LogP contribution in [0.3, 0.4) is 0 Å². The summed E-state index contributed by atoms with van der Waals surface area (Å²) in [7, 11) is 0. The number of carbonyl (C=O) groups is 1. The Bertz CT molecular complexity index is 255. The van der Waals surface area contributed by atoms with Crippen LogP contribution in [0, 0.1) is 5.41 Å². The lowest BCUT2D eigenvalue weighted by atomic mass is 9.90. The number of ether oxygens (including phenoxy) is 1. The summed E-state index contributed by atoms with van der Waals surface area (Å²) in [5, 5.41) is 9.73. The summed E-state index contributed by atoms with van der Waals surface area (Å²) in [5.74, 6) is 0. The maximum Gasteiger partial charge on any atom is 0.410 e. The van der Waals surface area contributed by atoms with Crippen molar-refractivity contribution < 1.29 is 14.6 Å². The topological polar surface area (TPSA) is 49.8 Å². The van der Waals surface area contributed by atoms with E-state index in [2.05, 4.69) is 0 Å². The Morgan fingerprint density at radius 2 is 2.00 bits per heavy atom. The van der Waals surface area contributed by atoms with Crippen LogP contribution in [0.4, 0.5) is 4.79 Å². The van der Waals surface area contributed by atoms with Crippen molar-refractivity contribution in [3.8, 4) is 0 Å². The number of aliphatic hydroxyl groups excluding tert-OH is 1. The van der Waals surface area contributed by atoms with Gasteiger partial charge in [-0.25, -0.2) is 4.79 Å². The van der Waals surface area contributed by atoms with Crippen molar-refractivity contribution in [3.63, 3.8) is 0 Å². The standard InChI is InChI=1S/C11H21NO3/c1-10(2,3)15-9(14)12-6-8(13)11(4,5)7-12/h8,13H,6-7H2,1-5H3/t8-/m1/s1. The molecule has 0 spiro atoms. The van der Waals surface area contributed by atoms with Gasteiger partial charge in [0.25, 0.3) is 0 Å². The minimum absolute atomic E-state index is 0.239. The van der Waals surface area contributed by atoms with Gasteiger partial charge in [-0.1, -0.05) is 13.8 Å². The Morgan fingerprint density at radius 3 is 2.33 bits per heavy atom. The van der Waals surface area contributed by atoms with Crippen molar-refractivity contribution >= 4 is 6.09 Å². The molecule has 1 aliphatic rings. The van der Waals surface area contributed by atoms with Crippen LogP contribution in [0.5, 0.6) is 0 Å². The Morgan fingerprint density at radius 1 is 1.47 bits per heavy atom. The molecule has 1 fully saturated rings. The molecule has 1 atom stereocenters. The van der Waals surface area contributed by atoms with Gasteiger partial charge in [-0.15, -0.1) is 0 Å². The molecular weight excluding hydrogens is 194 g/mol. The fraction of sp³-hybridized carbons (Fsp3) is 0.909. The van der Waals surface area contributed by atoms with Crippen LogP contribution in [0.15, 0.2) is 0 Å². The van der Waals surface area contributed by atoms with E-state index in [0.29, 0.717) is 13.1 Å². The van der Waals surface area contributed by atoms with Gasteiger partial charge in [-0.05, 0) is 20.8 Å². The maximum absolute atomic E-state index is 11.7. The van der Waals surface area contributed by atoms with Gasteiger partial charge < -0.3 is 14.7 Å². The van der Waals surface area contributed by atoms with Gasteiger partial charge in [0.15, 0.2) is 0 Å². The van der Waals surface area contributed by atoms with E-state index in [4.69, 9.17) is 4.74 Å². The first-order chi connectivity index (χ1) is 6.62. The third-order valence-corrected chi connectivity index (χ3v) is 2.55. The van der Waals surface area contributed by atoms with Crippen molar-refractivity contribution in [2.24, 2.45) is 5.41 Å². The SMILES string of the molecule is CC(C)(C)OC(=O)N1C[C@@H](O)C(C)(C)C1. The summed E-state index contributed by atoms with van der Waals surface area (Å²) in [6.07, 6.45) is -0.808. The monoisotopic (exact) mass is 215 g/mol. The van der Waals surface area contributed by atoms with E-state index >= 15 is 0 Å². The van der Waals surface area contributed by atoms with Gasteiger partial charge in [-0.2, -0.15) is 0 Å². The molecule has 0 saturated carbocycles. The van der Waals surface area contributed by atoms with E-state index < -0.39 is 11.7 Å². The number of likely N-dealkylation sites (tertiary alicyclic amines) is 1. The average Bonchev–Trinajstić information content (AvgIpc) is 2.23. The normalized spacial score (nSPS) is 25.5. The number of amides is 1. The van der Waals surface area contributed by atoms with E-state index in [1.54, 1.807) is 4.90 Å². The lowest BCUT2D eigenvalue weighted by Gasteiger charge is -2.25. The summed E-state index contributed by atoms with van der Waals surface area (Å²) >= 11 is 0. The molecule has 0 aromatic heterocycles. The first-order valence-electron chi connectivity index (χ1n) is 5.28. The number of aliphatic hydroxyl groups is 1. The summed E-state index contributed by atoms with van der Waals surface area (Å²) < 4.78 is 5.24. The second kappa shape index (κ2) is 3.67. The van der Waals surface area contributed by atoms with E-state index in [-0.39, 0.29) is 11.5 Å². The van der Waals surface area contributed by atoms with Crippen molar-refractivity contribution in [1.82, 2.24) is 4.90 Å². The molecule has 0 aromatic carbocycles. The van der Waals surface area contributed by atoms with Crippen LogP contribution in [0.1, 0.15) is 34.6 Å². The molecule has 0 aromatic rings. The van der Waals surface area contributed by atoms with Crippen molar-refractivity contribution in [2.75, 3.05) is 13.1 Å². The van der Waals surface area contributed by atoms with Gasteiger partial charge in [-0.3, -0.25) is 0 Å². The fourth-order valence-electron chi connectivity index (χ4n) is 1.58. The molecule has 88 valence electrons. The highest BCUT2D eigenvalue weighted by Gasteiger charge is 2.41. The maximum atomic E-state index is 11.7. The van der Waals surface area contributed by atoms with Crippen molar-refractivity contribution in [2.45, 2.75) is 46.3 Å². The molecule has 15 heavy (non-hydrogen) atoms. The first kappa shape index (κ1) is 12.3. The van der Waals surface area contributed by atoms with Crippen LogP contribution >= 0.6 is 0 Å².